The monoisotopic (exact) mass is 301 g/mol. The average molecular weight is 301 g/mol. The molecule has 0 aliphatic carbocycles. The van der Waals surface area contributed by atoms with Gasteiger partial charge in [-0.3, -0.25) is 9.40 Å². The number of halogens is 2. The van der Waals surface area contributed by atoms with E-state index in [1.807, 2.05) is 13.8 Å². The van der Waals surface area contributed by atoms with Gasteiger partial charge in [0.05, 0.1) is 11.9 Å². The van der Waals surface area contributed by atoms with E-state index in [0.29, 0.717) is 6.07 Å². The van der Waals surface area contributed by atoms with E-state index in [4.69, 9.17) is 0 Å². The minimum absolute atomic E-state index is 0.00140. The quantitative estimate of drug-likeness (QED) is 0.944. The summed E-state index contributed by atoms with van der Waals surface area (Å²) in [6.07, 6.45) is 2.51. The number of anilines is 1. The van der Waals surface area contributed by atoms with Crippen LogP contribution >= 0.6 is 0 Å². The van der Waals surface area contributed by atoms with Crippen LogP contribution in [0.15, 0.2) is 35.5 Å². The Hall–Kier alpha value is -1.96. The fourth-order valence-corrected chi connectivity index (χ4v) is 2.52. The molecule has 5 nitrogen and oxygen atoms in total. The maximum Gasteiger partial charge on any atom is 0.265 e. The molecule has 0 aliphatic rings. The van der Waals surface area contributed by atoms with Crippen LogP contribution in [-0.4, -0.2) is 18.2 Å². The molecule has 0 aliphatic heterocycles. The van der Waals surface area contributed by atoms with Gasteiger partial charge in [-0.25, -0.2) is 17.2 Å². The minimum atomic E-state index is -3.96. The third-order valence-electron chi connectivity index (χ3n) is 2.59. The predicted molar refractivity (Wildman–Crippen MR) is 69.8 cm³/mol. The molecule has 0 atom stereocenters. The van der Waals surface area contributed by atoms with Gasteiger partial charge in [0.1, 0.15) is 16.5 Å². The number of aromatic nitrogens is 2. The zero-order chi connectivity index (χ0) is 14.9. The standard InChI is InChI=1S/C12H13F2N3O2S/c1-8(2)17-7-10(6-15-17)20(18,19)16-12-4-3-9(13)5-11(12)14/h3-8,16H,1-2H3. The number of hydrogen-bond donors (Lipinski definition) is 1. The van der Waals surface area contributed by atoms with E-state index in [2.05, 4.69) is 9.82 Å². The molecule has 0 spiro atoms. The Morgan fingerprint density at radius 3 is 2.55 bits per heavy atom. The summed E-state index contributed by atoms with van der Waals surface area (Å²) in [5.74, 6) is -1.76. The maximum absolute atomic E-state index is 13.4. The molecule has 2 rings (SSSR count). The highest BCUT2D eigenvalue weighted by molar-refractivity contribution is 7.92. The molecule has 1 aromatic heterocycles. The third-order valence-corrected chi connectivity index (χ3v) is 3.91. The molecule has 1 heterocycles. The van der Waals surface area contributed by atoms with Gasteiger partial charge in [0.15, 0.2) is 0 Å². The highest BCUT2D eigenvalue weighted by Gasteiger charge is 2.19. The molecular formula is C12H13F2N3O2S. The summed E-state index contributed by atoms with van der Waals surface area (Å²) in [4.78, 5) is -0.0880. The van der Waals surface area contributed by atoms with Crippen molar-refractivity contribution in [1.29, 1.82) is 0 Å². The second-order valence-corrected chi connectivity index (χ2v) is 6.16. The predicted octanol–water partition coefficient (Wildman–Crippen LogP) is 2.54. The van der Waals surface area contributed by atoms with Gasteiger partial charge >= 0.3 is 0 Å². The van der Waals surface area contributed by atoms with Crippen molar-refractivity contribution in [2.45, 2.75) is 24.8 Å². The highest BCUT2D eigenvalue weighted by atomic mass is 32.2. The number of rotatable bonds is 4. The molecule has 2 aromatic rings. The number of nitrogens with one attached hydrogen (secondary N) is 1. The Balaban J connectivity index is 2.30. The number of benzene rings is 1. The number of nitrogens with zero attached hydrogens (tertiary/aromatic N) is 2. The van der Waals surface area contributed by atoms with Crippen LogP contribution in [0.4, 0.5) is 14.5 Å². The van der Waals surface area contributed by atoms with Crippen LogP contribution in [0.25, 0.3) is 0 Å². The molecule has 0 unspecified atom stereocenters. The van der Waals surface area contributed by atoms with Crippen molar-refractivity contribution in [3.8, 4) is 0 Å². The van der Waals surface area contributed by atoms with E-state index in [0.717, 1.165) is 12.1 Å². The highest BCUT2D eigenvalue weighted by Crippen LogP contribution is 2.20. The summed E-state index contributed by atoms with van der Waals surface area (Å²) >= 11 is 0. The lowest BCUT2D eigenvalue weighted by Gasteiger charge is -2.07. The zero-order valence-corrected chi connectivity index (χ0v) is 11.7. The van der Waals surface area contributed by atoms with Crippen LogP contribution in [0, 0.1) is 11.6 Å². The van der Waals surface area contributed by atoms with Crippen LogP contribution in [-0.2, 0) is 10.0 Å². The summed E-state index contributed by atoms with van der Waals surface area (Å²) in [6.45, 7) is 3.69. The van der Waals surface area contributed by atoms with Crippen LogP contribution in [0.1, 0.15) is 19.9 Å². The Morgan fingerprint density at radius 2 is 2.00 bits per heavy atom. The summed E-state index contributed by atoms with van der Waals surface area (Å²) < 4.78 is 53.8. The molecule has 0 fully saturated rings. The van der Waals surface area contributed by atoms with E-state index in [1.54, 1.807) is 0 Å². The summed E-state index contributed by atoms with van der Waals surface area (Å²) in [5, 5.41) is 3.90. The second kappa shape index (κ2) is 5.20. The largest absolute Gasteiger partial charge is 0.277 e. The molecule has 0 radical (unpaired) electrons. The number of hydrogen-bond acceptors (Lipinski definition) is 3. The van der Waals surface area contributed by atoms with Crippen LogP contribution in [0.3, 0.4) is 0 Å². The van der Waals surface area contributed by atoms with Gasteiger partial charge in [0, 0.05) is 18.3 Å². The maximum atomic E-state index is 13.4. The van der Waals surface area contributed by atoms with Gasteiger partial charge < -0.3 is 0 Å². The second-order valence-electron chi connectivity index (χ2n) is 4.48. The van der Waals surface area contributed by atoms with Crippen molar-refractivity contribution >= 4 is 15.7 Å². The first-order valence-corrected chi connectivity index (χ1v) is 7.30. The lowest BCUT2D eigenvalue weighted by molar-refractivity contribution is 0.531. The lowest BCUT2D eigenvalue weighted by Crippen LogP contribution is -2.13. The molecule has 0 amide bonds. The van der Waals surface area contributed by atoms with E-state index in [9.17, 15) is 17.2 Å². The van der Waals surface area contributed by atoms with Gasteiger partial charge in [0.25, 0.3) is 10.0 Å². The molecule has 0 saturated heterocycles. The summed E-state index contributed by atoms with van der Waals surface area (Å²) in [7, 11) is -3.96. The van der Waals surface area contributed by atoms with Crippen molar-refractivity contribution in [1.82, 2.24) is 9.78 Å². The normalized spacial score (nSPS) is 11.8. The van der Waals surface area contributed by atoms with Crippen molar-refractivity contribution in [3.05, 3.63) is 42.2 Å². The Labute approximate surface area is 115 Å². The fourth-order valence-electron chi connectivity index (χ4n) is 1.52. The van der Waals surface area contributed by atoms with E-state index in [-0.39, 0.29) is 16.6 Å². The summed E-state index contributed by atoms with van der Waals surface area (Å²) in [5.41, 5.74) is -0.316. The molecule has 8 heteroatoms. The van der Waals surface area contributed by atoms with E-state index >= 15 is 0 Å². The summed E-state index contributed by atoms with van der Waals surface area (Å²) in [6, 6.07) is 2.60. The van der Waals surface area contributed by atoms with E-state index < -0.39 is 21.7 Å². The Morgan fingerprint density at radius 1 is 1.30 bits per heavy atom. The molecular weight excluding hydrogens is 288 g/mol. The van der Waals surface area contributed by atoms with Gasteiger partial charge in [0.2, 0.25) is 0 Å². The topological polar surface area (TPSA) is 64.0 Å². The van der Waals surface area contributed by atoms with Gasteiger partial charge in [-0.2, -0.15) is 5.10 Å². The zero-order valence-electron chi connectivity index (χ0n) is 10.8. The van der Waals surface area contributed by atoms with Gasteiger partial charge in [-0.1, -0.05) is 0 Å². The van der Waals surface area contributed by atoms with Crippen molar-refractivity contribution in [3.63, 3.8) is 0 Å². The first kappa shape index (κ1) is 14.4. The third kappa shape index (κ3) is 2.96. The fraction of sp³-hybridized carbons (Fsp3) is 0.250. The Kier molecular flexibility index (Phi) is 3.76. The average Bonchev–Trinajstić information content (AvgIpc) is 2.83. The van der Waals surface area contributed by atoms with E-state index in [1.165, 1.54) is 17.1 Å². The first-order valence-electron chi connectivity index (χ1n) is 5.81. The SMILES string of the molecule is CC(C)n1cc(S(=O)(=O)Nc2ccc(F)cc2F)cn1. The molecule has 1 aromatic carbocycles. The van der Waals surface area contributed by atoms with Gasteiger partial charge in [-0.15, -0.1) is 0 Å². The van der Waals surface area contributed by atoms with Gasteiger partial charge in [-0.05, 0) is 26.0 Å². The molecule has 0 bridgehead atoms. The van der Waals surface area contributed by atoms with Crippen LogP contribution < -0.4 is 4.72 Å². The number of sulfonamides is 1. The Bertz CT molecular complexity index is 726. The van der Waals surface area contributed by atoms with Crippen molar-refractivity contribution < 1.29 is 17.2 Å². The molecule has 108 valence electrons. The smallest absolute Gasteiger partial charge is 0.265 e. The minimum Gasteiger partial charge on any atom is -0.277 e. The first-order chi connectivity index (χ1) is 9.29. The van der Waals surface area contributed by atoms with Crippen LogP contribution in [0.2, 0.25) is 0 Å². The molecule has 0 saturated carbocycles. The lowest BCUT2D eigenvalue weighted by atomic mass is 10.3. The van der Waals surface area contributed by atoms with Crippen molar-refractivity contribution in [2.24, 2.45) is 0 Å². The van der Waals surface area contributed by atoms with Crippen LogP contribution in [0.5, 0.6) is 0 Å². The van der Waals surface area contributed by atoms with Crippen molar-refractivity contribution in [2.75, 3.05) is 4.72 Å². The molecule has 1 N–H and O–H groups in total. The molecule has 20 heavy (non-hydrogen) atoms.